The summed E-state index contributed by atoms with van der Waals surface area (Å²) in [6.45, 7) is 3.98. The van der Waals surface area contributed by atoms with Gasteiger partial charge in [-0.05, 0) is 25.0 Å². The summed E-state index contributed by atoms with van der Waals surface area (Å²) in [5.74, 6) is -0.000524. The van der Waals surface area contributed by atoms with Crippen LogP contribution in [0.15, 0.2) is 40.9 Å². The zero-order chi connectivity index (χ0) is 21.8. The van der Waals surface area contributed by atoms with Crippen LogP contribution in [0, 0.1) is 0 Å². The molecule has 1 saturated heterocycles. The largest absolute Gasteiger partial charge is 0.383 e. The number of likely N-dealkylation sites (tertiary alicyclic amines) is 1. The predicted molar refractivity (Wildman–Crippen MR) is 115 cm³/mol. The van der Waals surface area contributed by atoms with Crippen LogP contribution in [-0.4, -0.2) is 60.2 Å². The Morgan fingerprint density at radius 2 is 2.13 bits per heavy atom. The molecule has 1 atom stereocenters. The van der Waals surface area contributed by atoms with Gasteiger partial charge in [0.05, 0.1) is 23.4 Å². The molecular weight excluding hydrogens is 396 g/mol. The Morgan fingerprint density at radius 3 is 2.90 bits per heavy atom. The summed E-state index contributed by atoms with van der Waals surface area (Å²) in [4.78, 5) is 32.2. The van der Waals surface area contributed by atoms with Gasteiger partial charge in [-0.25, -0.2) is 0 Å². The molecule has 0 radical (unpaired) electrons. The van der Waals surface area contributed by atoms with Gasteiger partial charge in [-0.2, -0.15) is 0 Å². The van der Waals surface area contributed by atoms with Crippen molar-refractivity contribution in [3.05, 3.63) is 59.1 Å². The number of fused-ring (bicyclic) bond motifs is 1. The molecule has 1 N–H and O–H groups in total. The van der Waals surface area contributed by atoms with Crippen molar-refractivity contribution in [1.29, 1.82) is 0 Å². The van der Waals surface area contributed by atoms with Crippen LogP contribution in [0.5, 0.6) is 0 Å². The molecule has 31 heavy (non-hydrogen) atoms. The molecule has 0 spiro atoms. The molecule has 0 unspecified atom stereocenters. The molecule has 162 valence electrons. The summed E-state index contributed by atoms with van der Waals surface area (Å²) in [7, 11) is 1.60. The van der Waals surface area contributed by atoms with Crippen LogP contribution in [0.4, 0.5) is 0 Å². The van der Waals surface area contributed by atoms with E-state index in [1.165, 1.54) is 0 Å². The van der Waals surface area contributed by atoms with Gasteiger partial charge in [-0.1, -0.05) is 30.3 Å². The van der Waals surface area contributed by atoms with E-state index in [1.54, 1.807) is 18.1 Å². The highest BCUT2D eigenvalue weighted by molar-refractivity contribution is 6.06. The third kappa shape index (κ3) is 4.44. The minimum absolute atomic E-state index is 0.0487. The fraction of sp³-hybridized carbons (Fsp3) is 0.391. The number of carbonyl (C=O) groups excluding carboxylic acids is 2. The maximum Gasteiger partial charge on any atom is 0.292 e. The van der Waals surface area contributed by atoms with E-state index in [0.717, 1.165) is 35.1 Å². The fourth-order valence-electron chi connectivity index (χ4n) is 3.88. The number of para-hydroxylation sites is 1. The highest BCUT2D eigenvalue weighted by Crippen LogP contribution is 2.30. The molecule has 8 nitrogen and oxygen atoms in total. The summed E-state index contributed by atoms with van der Waals surface area (Å²) < 4.78 is 10.2. The molecule has 3 heterocycles. The minimum atomic E-state index is -0.159. The molecule has 1 fully saturated rings. The van der Waals surface area contributed by atoms with Gasteiger partial charge < -0.3 is 19.5 Å². The second-order valence-corrected chi connectivity index (χ2v) is 7.63. The van der Waals surface area contributed by atoms with Gasteiger partial charge in [0, 0.05) is 49.8 Å². The van der Waals surface area contributed by atoms with Crippen molar-refractivity contribution in [2.45, 2.75) is 25.7 Å². The Hall–Kier alpha value is -3.26. The molecule has 0 bridgehead atoms. The standard InChI is InChI=1S/C23H26N4O4/c1-3-16-12-21(31-26-16)23(29)27-10-8-15(14-27)20-13-18(22(28)24-9-11-30-2)17-6-4-5-7-19(17)25-20/h4-7,12-13,15H,3,8-11,14H2,1-2H3,(H,24,28)/t15-/m0/s1. The molecule has 1 aromatic carbocycles. The molecule has 1 aliphatic heterocycles. The number of nitrogens with zero attached hydrogens (tertiary/aromatic N) is 3. The first-order valence-corrected chi connectivity index (χ1v) is 10.5. The zero-order valence-electron chi connectivity index (χ0n) is 17.8. The average Bonchev–Trinajstić information content (AvgIpc) is 3.48. The van der Waals surface area contributed by atoms with Crippen LogP contribution >= 0.6 is 0 Å². The molecule has 0 saturated carbocycles. The number of amides is 2. The lowest BCUT2D eigenvalue weighted by molar-refractivity contribution is 0.0748. The normalized spacial score (nSPS) is 16.1. The molecule has 8 heteroatoms. The van der Waals surface area contributed by atoms with Crippen LogP contribution in [0.1, 0.15) is 51.6 Å². The number of aryl methyl sites for hydroxylation is 1. The monoisotopic (exact) mass is 422 g/mol. The van der Waals surface area contributed by atoms with Crippen LogP contribution in [-0.2, 0) is 11.2 Å². The summed E-state index contributed by atoms with van der Waals surface area (Å²) in [6.07, 6.45) is 1.49. The van der Waals surface area contributed by atoms with Gasteiger partial charge >= 0.3 is 0 Å². The van der Waals surface area contributed by atoms with E-state index >= 15 is 0 Å². The van der Waals surface area contributed by atoms with Crippen molar-refractivity contribution in [2.75, 3.05) is 33.4 Å². The van der Waals surface area contributed by atoms with Crippen molar-refractivity contribution < 1.29 is 18.8 Å². The maximum atomic E-state index is 12.8. The summed E-state index contributed by atoms with van der Waals surface area (Å²) in [6, 6.07) is 11.2. The predicted octanol–water partition coefficient (Wildman–Crippen LogP) is 2.79. The van der Waals surface area contributed by atoms with E-state index in [4.69, 9.17) is 14.2 Å². The highest BCUT2D eigenvalue weighted by Gasteiger charge is 2.31. The molecule has 2 amide bonds. The van der Waals surface area contributed by atoms with Crippen LogP contribution in [0.3, 0.4) is 0 Å². The molecule has 4 rings (SSSR count). The Balaban J connectivity index is 1.56. The van der Waals surface area contributed by atoms with Gasteiger partial charge in [0.15, 0.2) is 0 Å². The average molecular weight is 422 g/mol. The molecule has 1 aliphatic rings. The SMILES string of the molecule is CCc1cc(C(=O)N2CC[C@H](c3cc(C(=O)NCCOC)c4ccccc4n3)C2)on1. The zero-order valence-corrected chi connectivity index (χ0v) is 17.8. The first kappa shape index (κ1) is 21.0. The van der Waals surface area contributed by atoms with Crippen molar-refractivity contribution >= 4 is 22.7 Å². The third-order valence-corrected chi connectivity index (χ3v) is 5.60. The first-order valence-electron chi connectivity index (χ1n) is 10.5. The Bertz CT molecular complexity index is 1090. The minimum Gasteiger partial charge on any atom is -0.383 e. The second-order valence-electron chi connectivity index (χ2n) is 7.63. The van der Waals surface area contributed by atoms with Gasteiger partial charge in [0.25, 0.3) is 11.8 Å². The number of rotatable bonds is 7. The van der Waals surface area contributed by atoms with Gasteiger partial charge in [0.1, 0.15) is 0 Å². The number of methoxy groups -OCH3 is 1. The Kier molecular flexibility index (Phi) is 6.27. The van der Waals surface area contributed by atoms with Gasteiger partial charge in [0.2, 0.25) is 5.76 Å². The quantitative estimate of drug-likeness (QED) is 0.588. The molecule has 2 aromatic heterocycles. The number of nitrogens with one attached hydrogen (secondary N) is 1. The third-order valence-electron chi connectivity index (χ3n) is 5.60. The van der Waals surface area contributed by atoms with Crippen molar-refractivity contribution in [2.24, 2.45) is 0 Å². The number of hydrogen-bond donors (Lipinski definition) is 1. The van der Waals surface area contributed by atoms with E-state index in [0.29, 0.717) is 31.8 Å². The number of aromatic nitrogens is 2. The molecule has 0 aliphatic carbocycles. The number of carbonyl (C=O) groups is 2. The van der Waals surface area contributed by atoms with E-state index in [-0.39, 0.29) is 23.5 Å². The molecule has 3 aromatic rings. The fourth-order valence-corrected chi connectivity index (χ4v) is 3.88. The van der Waals surface area contributed by atoms with E-state index < -0.39 is 0 Å². The number of benzene rings is 1. The Labute approximate surface area is 180 Å². The van der Waals surface area contributed by atoms with Gasteiger partial charge in [-0.3, -0.25) is 14.6 Å². The van der Waals surface area contributed by atoms with Crippen LogP contribution in [0.25, 0.3) is 10.9 Å². The topological polar surface area (TPSA) is 97.6 Å². The summed E-state index contributed by atoms with van der Waals surface area (Å²) >= 11 is 0. The number of pyridine rings is 1. The number of ether oxygens (including phenoxy) is 1. The van der Waals surface area contributed by atoms with Crippen molar-refractivity contribution in [1.82, 2.24) is 20.4 Å². The summed E-state index contributed by atoms with van der Waals surface area (Å²) in [5.41, 5.74) is 2.94. The lowest BCUT2D eigenvalue weighted by atomic mass is 9.99. The maximum absolute atomic E-state index is 12.8. The van der Waals surface area contributed by atoms with Crippen molar-refractivity contribution in [3.63, 3.8) is 0 Å². The second kappa shape index (κ2) is 9.26. The highest BCUT2D eigenvalue weighted by atomic mass is 16.5. The number of hydrogen-bond acceptors (Lipinski definition) is 6. The lowest BCUT2D eigenvalue weighted by Gasteiger charge is -2.16. The summed E-state index contributed by atoms with van der Waals surface area (Å²) in [5, 5.41) is 7.61. The van der Waals surface area contributed by atoms with Gasteiger partial charge in [-0.15, -0.1) is 0 Å². The first-order chi connectivity index (χ1) is 15.1. The van der Waals surface area contributed by atoms with Crippen LogP contribution in [0.2, 0.25) is 0 Å². The Morgan fingerprint density at radius 1 is 1.29 bits per heavy atom. The van der Waals surface area contributed by atoms with Crippen molar-refractivity contribution in [3.8, 4) is 0 Å². The van der Waals surface area contributed by atoms with Crippen LogP contribution < -0.4 is 5.32 Å². The lowest BCUT2D eigenvalue weighted by Crippen LogP contribution is -2.28. The van der Waals surface area contributed by atoms with E-state index in [2.05, 4.69) is 10.5 Å². The molecular formula is C23H26N4O4. The smallest absolute Gasteiger partial charge is 0.292 e. The van der Waals surface area contributed by atoms with E-state index in [1.807, 2.05) is 37.3 Å². The van der Waals surface area contributed by atoms with E-state index in [9.17, 15) is 9.59 Å².